The first-order chi connectivity index (χ1) is 15.6. The lowest BCUT2D eigenvalue weighted by atomic mass is 10.1. The molecule has 3 aromatic heterocycles. The molecule has 0 saturated heterocycles. The van der Waals surface area contributed by atoms with Gasteiger partial charge < -0.3 is 4.90 Å². The molecular weight excluding hydrogens is 398 g/mol. The van der Waals surface area contributed by atoms with Gasteiger partial charge in [0.1, 0.15) is 0 Å². The SMILES string of the molecule is Cc1nn(-c2ccccn2)c2nc(C3CC3)cc(C(=O)N(C)CCCc3ccccc3)c12. The van der Waals surface area contributed by atoms with Crippen molar-refractivity contribution in [2.24, 2.45) is 0 Å². The lowest BCUT2D eigenvalue weighted by Gasteiger charge is -2.18. The molecule has 1 aromatic carbocycles. The van der Waals surface area contributed by atoms with Crippen LogP contribution < -0.4 is 0 Å². The van der Waals surface area contributed by atoms with Gasteiger partial charge in [-0.15, -0.1) is 0 Å². The number of hydrogen-bond acceptors (Lipinski definition) is 4. The fourth-order valence-corrected chi connectivity index (χ4v) is 4.18. The van der Waals surface area contributed by atoms with E-state index in [2.05, 4.69) is 29.2 Å². The third-order valence-electron chi connectivity index (χ3n) is 6.07. The first kappa shape index (κ1) is 20.4. The molecule has 0 aliphatic heterocycles. The Morgan fingerprint density at radius 1 is 1.12 bits per heavy atom. The maximum Gasteiger partial charge on any atom is 0.254 e. The minimum atomic E-state index is 0.0241. The topological polar surface area (TPSA) is 63.9 Å². The van der Waals surface area contributed by atoms with Crippen LogP contribution in [0.2, 0.25) is 0 Å². The number of amides is 1. The standard InChI is InChI=1S/C26H27N5O/c1-18-24-21(26(32)30(2)16-8-11-19-9-4-3-5-10-19)17-22(20-13-14-20)28-25(24)31(29-18)23-12-6-7-15-27-23/h3-7,9-10,12,15,17,20H,8,11,13-14,16H2,1-2H3. The molecule has 0 spiro atoms. The fourth-order valence-electron chi connectivity index (χ4n) is 4.18. The van der Waals surface area contributed by atoms with E-state index in [1.165, 1.54) is 5.56 Å². The molecule has 1 aliphatic rings. The van der Waals surface area contributed by atoms with Crippen LogP contribution in [-0.4, -0.2) is 44.1 Å². The monoisotopic (exact) mass is 425 g/mol. The van der Waals surface area contributed by atoms with Crippen molar-refractivity contribution in [3.63, 3.8) is 0 Å². The predicted octanol–water partition coefficient (Wildman–Crippen LogP) is 4.71. The molecule has 0 radical (unpaired) electrons. The number of benzene rings is 1. The van der Waals surface area contributed by atoms with Crippen molar-refractivity contribution < 1.29 is 4.79 Å². The molecule has 6 nitrogen and oxygen atoms in total. The van der Waals surface area contributed by atoms with Crippen LogP contribution in [0, 0.1) is 6.92 Å². The molecule has 4 aromatic rings. The molecule has 3 heterocycles. The van der Waals surface area contributed by atoms with Crippen LogP contribution in [-0.2, 0) is 6.42 Å². The summed E-state index contributed by atoms with van der Waals surface area (Å²) in [5.74, 6) is 1.17. The molecule has 0 atom stereocenters. The number of nitrogens with zero attached hydrogens (tertiary/aromatic N) is 5. The van der Waals surface area contributed by atoms with E-state index in [9.17, 15) is 4.79 Å². The van der Waals surface area contributed by atoms with Gasteiger partial charge in [-0.2, -0.15) is 9.78 Å². The number of rotatable bonds is 7. The van der Waals surface area contributed by atoms with Crippen molar-refractivity contribution in [1.29, 1.82) is 0 Å². The molecule has 32 heavy (non-hydrogen) atoms. The molecule has 1 aliphatic carbocycles. The third kappa shape index (κ3) is 4.00. The van der Waals surface area contributed by atoms with Crippen molar-refractivity contribution in [2.75, 3.05) is 13.6 Å². The maximum atomic E-state index is 13.5. The lowest BCUT2D eigenvalue weighted by Crippen LogP contribution is -2.28. The number of fused-ring (bicyclic) bond motifs is 1. The van der Waals surface area contributed by atoms with Gasteiger partial charge >= 0.3 is 0 Å². The molecule has 5 rings (SSSR count). The number of carbonyl (C=O) groups is 1. The molecule has 0 N–H and O–H groups in total. The summed E-state index contributed by atoms with van der Waals surface area (Å²) in [6.07, 6.45) is 5.86. The number of pyridine rings is 2. The van der Waals surface area contributed by atoms with Gasteiger partial charge in [0.2, 0.25) is 0 Å². The highest BCUT2D eigenvalue weighted by molar-refractivity contribution is 6.06. The van der Waals surface area contributed by atoms with Gasteiger partial charge in [-0.1, -0.05) is 36.4 Å². The van der Waals surface area contributed by atoms with Gasteiger partial charge in [0.15, 0.2) is 11.5 Å². The first-order valence-corrected chi connectivity index (χ1v) is 11.2. The summed E-state index contributed by atoms with van der Waals surface area (Å²) >= 11 is 0. The highest BCUT2D eigenvalue weighted by Crippen LogP contribution is 2.40. The zero-order valence-corrected chi connectivity index (χ0v) is 18.5. The van der Waals surface area contributed by atoms with Gasteiger partial charge in [-0.3, -0.25) is 4.79 Å². The molecule has 0 bridgehead atoms. The summed E-state index contributed by atoms with van der Waals surface area (Å²) in [6, 6.07) is 18.1. The largest absolute Gasteiger partial charge is 0.342 e. The normalized spacial score (nSPS) is 13.4. The average molecular weight is 426 g/mol. The second-order valence-electron chi connectivity index (χ2n) is 8.57. The number of hydrogen-bond donors (Lipinski definition) is 0. The third-order valence-corrected chi connectivity index (χ3v) is 6.07. The quantitative estimate of drug-likeness (QED) is 0.430. The second kappa shape index (κ2) is 8.54. The zero-order valence-electron chi connectivity index (χ0n) is 18.5. The van der Waals surface area contributed by atoms with Gasteiger partial charge in [0.05, 0.1) is 16.6 Å². The van der Waals surface area contributed by atoms with Crippen molar-refractivity contribution in [1.82, 2.24) is 24.6 Å². The average Bonchev–Trinajstić information content (AvgIpc) is 3.63. The van der Waals surface area contributed by atoms with Crippen molar-refractivity contribution >= 4 is 16.9 Å². The minimum Gasteiger partial charge on any atom is -0.342 e. The number of aryl methyl sites for hydroxylation is 2. The van der Waals surface area contributed by atoms with E-state index in [1.807, 2.05) is 49.2 Å². The van der Waals surface area contributed by atoms with Gasteiger partial charge in [-0.25, -0.2) is 9.97 Å². The van der Waals surface area contributed by atoms with E-state index in [-0.39, 0.29) is 5.91 Å². The summed E-state index contributed by atoms with van der Waals surface area (Å²) < 4.78 is 1.77. The van der Waals surface area contributed by atoms with Crippen LogP contribution in [0.4, 0.5) is 0 Å². The van der Waals surface area contributed by atoms with E-state index in [0.717, 1.165) is 42.5 Å². The molecule has 1 saturated carbocycles. The first-order valence-electron chi connectivity index (χ1n) is 11.2. The molecular formula is C26H27N5O. The highest BCUT2D eigenvalue weighted by atomic mass is 16.2. The van der Waals surface area contributed by atoms with Gasteiger partial charge in [0, 0.05) is 31.4 Å². The number of aromatic nitrogens is 4. The van der Waals surface area contributed by atoms with Crippen LogP contribution in [0.5, 0.6) is 0 Å². The Labute approximate surface area is 187 Å². The summed E-state index contributed by atoms with van der Waals surface area (Å²) in [6.45, 7) is 2.64. The van der Waals surface area contributed by atoms with E-state index in [1.54, 1.807) is 10.9 Å². The lowest BCUT2D eigenvalue weighted by molar-refractivity contribution is 0.0795. The van der Waals surface area contributed by atoms with Crippen molar-refractivity contribution in [2.45, 2.75) is 38.5 Å². The Morgan fingerprint density at radius 2 is 1.91 bits per heavy atom. The Balaban J connectivity index is 1.47. The van der Waals surface area contributed by atoms with Gasteiger partial charge in [-0.05, 0) is 56.4 Å². The van der Waals surface area contributed by atoms with Crippen LogP contribution in [0.3, 0.4) is 0 Å². The Kier molecular flexibility index (Phi) is 5.43. The van der Waals surface area contributed by atoms with Crippen LogP contribution in [0.25, 0.3) is 16.9 Å². The minimum absolute atomic E-state index is 0.0241. The Hall–Kier alpha value is -3.54. The zero-order chi connectivity index (χ0) is 22.1. The number of carbonyl (C=O) groups excluding carboxylic acids is 1. The smallest absolute Gasteiger partial charge is 0.254 e. The molecule has 0 unspecified atom stereocenters. The van der Waals surface area contributed by atoms with E-state index in [0.29, 0.717) is 29.5 Å². The predicted molar refractivity (Wildman–Crippen MR) is 125 cm³/mol. The van der Waals surface area contributed by atoms with E-state index < -0.39 is 0 Å². The van der Waals surface area contributed by atoms with Crippen LogP contribution in [0.1, 0.15) is 52.5 Å². The van der Waals surface area contributed by atoms with Crippen LogP contribution >= 0.6 is 0 Å². The molecule has 1 amide bonds. The summed E-state index contributed by atoms with van der Waals surface area (Å²) in [7, 11) is 1.88. The highest BCUT2D eigenvalue weighted by Gasteiger charge is 2.29. The molecule has 1 fully saturated rings. The van der Waals surface area contributed by atoms with Crippen molar-refractivity contribution in [3.8, 4) is 5.82 Å². The Bertz CT molecular complexity index is 1250. The van der Waals surface area contributed by atoms with Crippen LogP contribution in [0.15, 0.2) is 60.8 Å². The molecule has 6 heteroatoms. The summed E-state index contributed by atoms with van der Waals surface area (Å²) in [5.41, 5.74) is 4.48. The fraction of sp³-hybridized carbons (Fsp3) is 0.308. The maximum absolute atomic E-state index is 13.5. The van der Waals surface area contributed by atoms with E-state index in [4.69, 9.17) is 10.1 Å². The van der Waals surface area contributed by atoms with Crippen molar-refractivity contribution in [3.05, 3.63) is 83.3 Å². The molecule has 162 valence electrons. The Morgan fingerprint density at radius 3 is 2.62 bits per heavy atom. The summed E-state index contributed by atoms with van der Waals surface area (Å²) in [4.78, 5) is 24.7. The summed E-state index contributed by atoms with van der Waals surface area (Å²) in [5, 5.41) is 5.53. The second-order valence-corrected chi connectivity index (χ2v) is 8.57. The van der Waals surface area contributed by atoms with Gasteiger partial charge in [0.25, 0.3) is 5.91 Å². The van der Waals surface area contributed by atoms with E-state index >= 15 is 0 Å².